The van der Waals surface area contributed by atoms with E-state index in [1.165, 1.54) is 32.1 Å². The molecule has 6 nitrogen and oxygen atoms in total. The summed E-state index contributed by atoms with van der Waals surface area (Å²) in [6, 6.07) is 0. The molecule has 1 N–H and O–H groups in total. The van der Waals surface area contributed by atoms with Crippen molar-refractivity contribution in [2.45, 2.75) is 51.3 Å². The van der Waals surface area contributed by atoms with Crippen molar-refractivity contribution in [3.63, 3.8) is 0 Å². The second-order valence-corrected chi connectivity index (χ2v) is 6.81. The molecule has 6 heteroatoms. The third kappa shape index (κ3) is 4.76. The van der Waals surface area contributed by atoms with Gasteiger partial charge in [-0.05, 0) is 58.2 Å². The molecule has 0 spiro atoms. The van der Waals surface area contributed by atoms with Crippen LogP contribution < -0.4 is 5.32 Å². The first-order valence-electron chi connectivity index (χ1n) is 8.69. The summed E-state index contributed by atoms with van der Waals surface area (Å²) in [5.74, 6) is 0.740. The van der Waals surface area contributed by atoms with Crippen LogP contribution >= 0.6 is 0 Å². The molecule has 124 valence electrons. The van der Waals surface area contributed by atoms with Crippen molar-refractivity contribution in [1.29, 1.82) is 0 Å². The van der Waals surface area contributed by atoms with E-state index in [-0.39, 0.29) is 0 Å². The van der Waals surface area contributed by atoms with Crippen molar-refractivity contribution >= 4 is 0 Å². The van der Waals surface area contributed by atoms with Gasteiger partial charge in [-0.3, -0.25) is 9.58 Å². The summed E-state index contributed by atoms with van der Waals surface area (Å²) in [7, 11) is 2.14. The fourth-order valence-electron chi connectivity index (χ4n) is 3.47. The fourth-order valence-corrected chi connectivity index (χ4v) is 3.47. The third-order valence-electron chi connectivity index (χ3n) is 4.71. The van der Waals surface area contributed by atoms with Gasteiger partial charge in [0, 0.05) is 32.4 Å². The molecule has 0 aromatic carbocycles. The molecule has 2 aliphatic heterocycles. The van der Waals surface area contributed by atoms with Gasteiger partial charge in [0.25, 0.3) is 0 Å². The van der Waals surface area contributed by atoms with Crippen LogP contribution in [0.2, 0.25) is 0 Å². The molecular formula is C16H29N5O. The van der Waals surface area contributed by atoms with Crippen LogP contribution in [0.1, 0.15) is 37.8 Å². The molecule has 3 rings (SSSR count). The first-order chi connectivity index (χ1) is 10.8. The zero-order valence-electron chi connectivity index (χ0n) is 13.7. The molecule has 2 aliphatic rings. The Morgan fingerprint density at radius 3 is 2.95 bits per heavy atom. The second kappa shape index (κ2) is 8.04. The first-order valence-corrected chi connectivity index (χ1v) is 8.69. The summed E-state index contributed by atoms with van der Waals surface area (Å²) in [6.07, 6.45) is 8.69. The topological polar surface area (TPSA) is 55.2 Å². The maximum absolute atomic E-state index is 5.80. The van der Waals surface area contributed by atoms with E-state index < -0.39 is 0 Å². The van der Waals surface area contributed by atoms with Crippen LogP contribution in [-0.2, 0) is 17.8 Å². The molecular weight excluding hydrogens is 278 g/mol. The lowest BCUT2D eigenvalue weighted by Gasteiger charge is -2.26. The number of nitrogens with zero attached hydrogens (tertiary/aromatic N) is 4. The van der Waals surface area contributed by atoms with Crippen molar-refractivity contribution in [3.05, 3.63) is 11.9 Å². The molecule has 1 atom stereocenters. The molecule has 22 heavy (non-hydrogen) atoms. The molecule has 3 heterocycles. The van der Waals surface area contributed by atoms with Gasteiger partial charge in [0.1, 0.15) is 0 Å². The smallest absolute Gasteiger partial charge is 0.0967 e. The molecule has 0 aliphatic carbocycles. The van der Waals surface area contributed by atoms with Crippen LogP contribution in [0, 0.1) is 5.92 Å². The van der Waals surface area contributed by atoms with Crippen LogP contribution in [0.25, 0.3) is 0 Å². The van der Waals surface area contributed by atoms with E-state index in [1.807, 2.05) is 4.68 Å². The van der Waals surface area contributed by atoms with Gasteiger partial charge < -0.3 is 10.1 Å². The maximum atomic E-state index is 5.80. The zero-order valence-corrected chi connectivity index (χ0v) is 13.7. The van der Waals surface area contributed by atoms with Crippen LogP contribution in [0.3, 0.4) is 0 Å². The Morgan fingerprint density at radius 1 is 1.32 bits per heavy atom. The van der Waals surface area contributed by atoms with Gasteiger partial charge in [-0.2, -0.15) is 0 Å². The number of aromatic nitrogens is 3. The van der Waals surface area contributed by atoms with E-state index in [4.69, 9.17) is 4.74 Å². The molecule has 2 fully saturated rings. The SMILES string of the molecule is CN(Cc1cn(CC2CCNCC2)nn1)C[C@H]1CCCCO1. The Morgan fingerprint density at radius 2 is 2.18 bits per heavy atom. The Labute approximate surface area is 133 Å². The average molecular weight is 307 g/mol. The van der Waals surface area contributed by atoms with Gasteiger partial charge in [-0.25, -0.2) is 0 Å². The predicted molar refractivity (Wildman–Crippen MR) is 85.5 cm³/mol. The minimum Gasteiger partial charge on any atom is -0.377 e. The summed E-state index contributed by atoms with van der Waals surface area (Å²) in [5.41, 5.74) is 1.06. The van der Waals surface area contributed by atoms with Crippen LogP contribution in [0.4, 0.5) is 0 Å². The first kappa shape index (κ1) is 15.9. The molecule has 0 bridgehead atoms. The number of likely N-dealkylation sites (N-methyl/N-ethyl adjacent to an activating group) is 1. The highest BCUT2D eigenvalue weighted by Gasteiger charge is 2.17. The van der Waals surface area contributed by atoms with Gasteiger partial charge in [0.2, 0.25) is 0 Å². The normalized spacial score (nSPS) is 24.0. The lowest BCUT2D eigenvalue weighted by Crippen LogP contribution is -2.33. The molecule has 0 amide bonds. The summed E-state index contributed by atoms with van der Waals surface area (Å²) in [5, 5.41) is 12.0. The van der Waals surface area contributed by atoms with Crippen LogP contribution in [0.5, 0.6) is 0 Å². The standard InChI is InChI=1S/C16H29N5O/c1-20(13-16-4-2-3-9-22-16)11-15-12-21(19-18-15)10-14-5-7-17-8-6-14/h12,14,16-17H,2-11,13H2,1H3/t16-/m1/s1. The third-order valence-corrected chi connectivity index (χ3v) is 4.71. The number of rotatable bonds is 6. The van der Waals surface area contributed by atoms with E-state index in [9.17, 15) is 0 Å². The fraction of sp³-hybridized carbons (Fsp3) is 0.875. The minimum absolute atomic E-state index is 0.392. The Kier molecular flexibility index (Phi) is 5.81. The quantitative estimate of drug-likeness (QED) is 0.858. The highest BCUT2D eigenvalue weighted by Crippen LogP contribution is 2.15. The van der Waals surface area contributed by atoms with E-state index in [2.05, 4.69) is 33.8 Å². The number of nitrogens with one attached hydrogen (secondary N) is 1. The highest BCUT2D eigenvalue weighted by molar-refractivity contribution is 4.92. The van der Waals surface area contributed by atoms with Gasteiger partial charge in [-0.1, -0.05) is 5.21 Å². The second-order valence-electron chi connectivity index (χ2n) is 6.81. The van der Waals surface area contributed by atoms with Crippen molar-refractivity contribution < 1.29 is 4.74 Å². The lowest BCUT2D eigenvalue weighted by molar-refractivity contribution is -0.00275. The Balaban J connectivity index is 1.44. The molecule has 0 radical (unpaired) electrons. The van der Waals surface area contributed by atoms with Gasteiger partial charge in [0.05, 0.1) is 11.8 Å². The molecule has 1 aromatic heterocycles. The lowest BCUT2D eigenvalue weighted by atomic mass is 9.98. The molecule has 1 aromatic rings. The van der Waals surface area contributed by atoms with Crippen LogP contribution in [0.15, 0.2) is 6.20 Å². The summed E-state index contributed by atoms with van der Waals surface area (Å²) >= 11 is 0. The molecule has 2 saturated heterocycles. The van der Waals surface area contributed by atoms with E-state index in [0.717, 1.165) is 50.9 Å². The van der Waals surface area contributed by atoms with Crippen molar-refractivity contribution in [2.24, 2.45) is 5.92 Å². The van der Waals surface area contributed by atoms with Crippen molar-refractivity contribution in [2.75, 3.05) is 33.3 Å². The largest absolute Gasteiger partial charge is 0.377 e. The summed E-state index contributed by atoms with van der Waals surface area (Å²) in [6.45, 7) is 6.04. The Hall–Kier alpha value is -0.980. The van der Waals surface area contributed by atoms with Gasteiger partial charge in [0.15, 0.2) is 0 Å². The number of piperidine rings is 1. The van der Waals surface area contributed by atoms with Gasteiger partial charge in [-0.15, -0.1) is 5.10 Å². The van der Waals surface area contributed by atoms with Crippen molar-refractivity contribution in [3.8, 4) is 0 Å². The Bertz CT molecular complexity index is 437. The molecule has 0 unspecified atom stereocenters. The minimum atomic E-state index is 0.392. The summed E-state index contributed by atoms with van der Waals surface area (Å²) < 4.78 is 7.83. The number of hydrogen-bond acceptors (Lipinski definition) is 5. The molecule has 0 saturated carbocycles. The predicted octanol–water partition coefficient (Wildman–Crippen LogP) is 1.28. The highest BCUT2D eigenvalue weighted by atomic mass is 16.5. The average Bonchev–Trinajstić information content (AvgIpc) is 2.96. The van der Waals surface area contributed by atoms with E-state index in [0.29, 0.717) is 6.10 Å². The monoisotopic (exact) mass is 307 g/mol. The van der Waals surface area contributed by atoms with Gasteiger partial charge >= 0.3 is 0 Å². The van der Waals surface area contributed by atoms with Crippen LogP contribution in [-0.4, -0.2) is 59.3 Å². The maximum Gasteiger partial charge on any atom is 0.0967 e. The number of ether oxygens (including phenoxy) is 1. The zero-order chi connectivity index (χ0) is 15.2. The van der Waals surface area contributed by atoms with Crippen molar-refractivity contribution in [1.82, 2.24) is 25.2 Å². The summed E-state index contributed by atoms with van der Waals surface area (Å²) in [4.78, 5) is 2.30. The number of hydrogen-bond donors (Lipinski definition) is 1. The van der Waals surface area contributed by atoms with E-state index in [1.54, 1.807) is 0 Å². The van der Waals surface area contributed by atoms with E-state index >= 15 is 0 Å².